The van der Waals surface area contributed by atoms with Gasteiger partial charge in [-0.3, -0.25) is 34.4 Å². The van der Waals surface area contributed by atoms with Crippen LogP contribution in [-0.4, -0.2) is 104 Å². The largest absolute Gasteiger partial charge is 0.504 e. The van der Waals surface area contributed by atoms with Gasteiger partial charge >= 0.3 is 5.97 Å². The van der Waals surface area contributed by atoms with Crippen molar-refractivity contribution >= 4 is 35.5 Å². The van der Waals surface area contributed by atoms with E-state index in [1.807, 2.05) is 0 Å². The van der Waals surface area contributed by atoms with Crippen LogP contribution in [0.5, 0.6) is 11.5 Å². The highest BCUT2D eigenvalue weighted by Crippen LogP contribution is 2.28. The van der Waals surface area contributed by atoms with E-state index in [-0.39, 0.29) is 50.2 Å². The Morgan fingerprint density at radius 3 is 2.16 bits per heavy atom. The van der Waals surface area contributed by atoms with E-state index in [1.54, 1.807) is 0 Å². The van der Waals surface area contributed by atoms with Gasteiger partial charge in [0.1, 0.15) is 18.2 Å². The second-order valence-electron chi connectivity index (χ2n) is 15.0. The Balaban J connectivity index is 1.82. The molecule has 1 aliphatic heterocycles. The summed E-state index contributed by atoms with van der Waals surface area (Å²) < 4.78 is 5.48. The van der Waals surface area contributed by atoms with Gasteiger partial charge in [-0.1, -0.05) is 90.0 Å². The summed E-state index contributed by atoms with van der Waals surface area (Å²) in [6.07, 6.45) is 16.5. The second-order valence-corrected chi connectivity index (χ2v) is 15.0. The molecule has 0 unspecified atom stereocenters. The second kappa shape index (κ2) is 28.0. The van der Waals surface area contributed by atoms with Gasteiger partial charge in [0.2, 0.25) is 17.7 Å². The number of para-hydroxylation sites is 1. The van der Waals surface area contributed by atoms with Crippen molar-refractivity contribution in [3.63, 3.8) is 0 Å². The van der Waals surface area contributed by atoms with E-state index in [0.717, 1.165) is 19.3 Å². The molecule has 0 saturated carbocycles. The number of hydroxylamine groups is 4. The number of phenolic OH excluding ortho intramolecular Hbond substituents is 2. The molecule has 3 atom stereocenters. The lowest BCUT2D eigenvalue weighted by atomic mass is 10.0. The fourth-order valence-electron chi connectivity index (χ4n) is 6.62. The minimum Gasteiger partial charge on any atom is -0.504 e. The highest BCUT2D eigenvalue weighted by molar-refractivity contribution is 5.99. The van der Waals surface area contributed by atoms with E-state index in [4.69, 9.17) is 4.74 Å². The lowest BCUT2D eigenvalue weighted by Gasteiger charge is -2.22. The van der Waals surface area contributed by atoms with E-state index < -0.39 is 65.8 Å². The number of ether oxygens (including phenoxy) is 1. The Morgan fingerprint density at radius 1 is 0.877 bits per heavy atom. The van der Waals surface area contributed by atoms with Gasteiger partial charge in [0, 0.05) is 19.5 Å². The molecule has 0 spiro atoms. The van der Waals surface area contributed by atoms with E-state index in [2.05, 4.69) is 22.9 Å². The zero-order valence-corrected chi connectivity index (χ0v) is 34.0. The molecular formula is C41H67N5O11. The molecule has 1 saturated heterocycles. The molecule has 7 N–H and O–H groups in total. The number of hydrogen-bond acceptors (Lipinski definition) is 11. The highest BCUT2D eigenvalue weighted by atomic mass is 16.5. The van der Waals surface area contributed by atoms with Gasteiger partial charge in [-0.25, -0.2) is 14.9 Å². The third-order valence-corrected chi connectivity index (χ3v) is 9.97. The number of amides is 5. The van der Waals surface area contributed by atoms with Crippen LogP contribution < -0.4 is 16.0 Å². The van der Waals surface area contributed by atoms with Crippen molar-refractivity contribution < 1.29 is 54.1 Å². The van der Waals surface area contributed by atoms with Crippen LogP contribution >= 0.6 is 0 Å². The predicted molar refractivity (Wildman–Crippen MR) is 211 cm³/mol. The molecule has 0 aliphatic carbocycles. The number of carbonyl (C=O) groups excluding carboxylic acids is 6. The molecule has 57 heavy (non-hydrogen) atoms. The maximum absolute atomic E-state index is 13.3. The van der Waals surface area contributed by atoms with Crippen molar-refractivity contribution in [1.29, 1.82) is 0 Å². The van der Waals surface area contributed by atoms with Gasteiger partial charge in [-0.05, 0) is 64.0 Å². The fraction of sp³-hybridized carbons (Fsp3) is 0.707. The van der Waals surface area contributed by atoms with Crippen molar-refractivity contribution in [2.45, 2.75) is 167 Å². The van der Waals surface area contributed by atoms with Crippen LogP contribution in [0.4, 0.5) is 0 Å². The van der Waals surface area contributed by atoms with Crippen molar-refractivity contribution in [2.24, 2.45) is 0 Å². The van der Waals surface area contributed by atoms with Crippen LogP contribution in [0.1, 0.15) is 159 Å². The number of benzene rings is 1. The van der Waals surface area contributed by atoms with Crippen molar-refractivity contribution in [2.75, 3.05) is 19.6 Å². The molecule has 16 nitrogen and oxygen atoms in total. The first-order chi connectivity index (χ1) is 27.3. The molecule has 1 aromatic carbocycles. The summed E-state index contributed by atoms with van der Waals surface area (Å²) in [5.74, 6) is -5.25. The Morgan fingerprint density at radius 2 is 1.51 bits per heavy atom. The van der Waals surface area contributed by atoms with Crippen molar-refractivity contribution in [3.05, 3.63) is 23.8 Å². The topological polar surface area (TPSA) is 235 Å². The summed E-state index contributed by atoms with van der Waals surface area (Å²) in [7, 11) is 0. The monoisotopic (exact) mass is 805 g/mol. The van der Waals surface area contributed by atoms with Gasteiger partial charge in [-0.15, -0.1) is 0 Å². The highest BCUT2D eigenvalue weighted by Gasteiger charge is 2.29. The van der Waals surface area contributed by atoms with Gasteiger partial charge < -0.3 is 30.9 Å². The van der Waals surface area contributed by atoms with Crippen molar-refractivity contribution in [1.82, 2.24) is 26.1 Å². The van der Waals surface area contributed by atoms with E-state index in [0.29, 0.717) is 42.2 Å². The Hall–Kier alpha value is -4.44. The average Bonchev–Trinajstić information content (AvgIpc) is 3.33. The quantitative estimate of drug-likeness (QED) is 0.0186. The zero-order chi connectivity index (χ0) is 42.0. The van der Waals surface area contributed by atoms with E-state index >= 15 is 0 Å². The third kappa shape index (κ3) is 20.0. The van der Waals surface area contributed by atoms with Gasteiger partial charge in [-0.2, -0.15) is 0 Å². The van der Waals surface area contributed by atoms with Crippen LogP contribution in [0.2, 0.25) is 0 Å². The minimum absolute atomic E-state index is 0.0121. The molecule has 0 aromatic heterocycles. The Labute approximate surface area is 337 Å². The zero-order valence-electron chi connectivity index (χ0n) is 34.0. The van der Waals surface area contributed by atoms with Crippen LogP contribution in [0.25, 0.3) is 0 Å². The smallest absolute Gasteiger partial charge is 0.328 e. The van der Waals surface area contributed by atoms with Crippen molar-refractivity contribution in [3.8, 4) is 11.5 Å². The molecule has 0 bridgehead atoms. The maximum Gasteiger partial charge on any atom is 0.328 e. The fourth-order valence-corrected chi connectivity index (χ4v) is 6.62. The number of esters is 1. The number of nitrogens with zero attached hydrogens (tertiary/aromatic N) is 2. The number of carbonyl (C=O) groups is 6. The molecule has 5 amide bonds. The summed E-state index contributed by atoms with van der Waals surface area (Å²) in [5, 5.41) is 48.5. The Bertz CT molecular complexity index is 1410. The standard InChI is InChI=1S/C41H67N5O11/c1-3-4-5-6-7-8-9-10-11-12-13-14-15-25-37(50)45(55)26-18-17-23-33(44-36(49)29-42-39(52)31-21-20-24-34(47)38(31)51)41(54)57-30(2)28-35(48)43-32-22-16-19-27-46(56)40(32)53/h20-21,24,30,32-33,47,51,55-56H,3-19,22-23,25-29H2,1-2H3,(H,42,52)(H,43,48)(H,44,49)/t30-,32+,33+/m1/s1. The molecular weight excluding hydrogens is 738 g/mol. The lowest BCUT2D eigenvalue weighted by Crippen LogP contribution is -2.48. The average molecular weight is 806 g/mol. The molecule has 322 valence electrons. The first-order valence-electron chi connectivity index (χ1n) is 20.9. The lowest BCUT2D eigenvalue weighted by molar-refractivity contribution is -0.167. The molecule has 2 rings (SSSR count). The summed E-state index contributed by atoms with van der Waals surface area (Å²) in [6.45, 7) is 3.28. The maximum atomic E-state index is 13.3. The van der Waals surface area contributed by atoms with Gasteiger partial charge in [0.15, 0.2) is 11.5 Å². The molecule has 1 aromatic rings. The molecule has 1 fully saturated rings. The first kappa shape index (κ1) is 48.7. The summed E-state index contributed by atoms with van der Waals surface area (Å²) >= 11 is 0. The Kier molecular flexibility index (Phi) is 24.0. The third-order valence-electron chi connectivity index (χ3n) is 9.97. The number of unbranched alkanes of at least 4 members (excludes halogenated alkanes) is 13. The predicted octanol–water partition coefficient (Wildman–Crippen LogP) is 5.39. The number of rotatable bonds is 28. The number of nitrogens with one attached hydrogen (secondary N) is 3. The summed E-state index contributed by atoms with van der Waals surface area (Å²) in [4.78, 5) is 76.2. The van der Waals surface area contributed by atoms with Crippen LogP contribution in [0.3, 0.4) is 0 Å². The first-order valence-corrected chi connectivity index (χ1v) is 20.9. The van der Waals surface area contributed by atoms with Crippen LogP contribution in [-0.2, 0) is 28.7 Å². The van der Waals surface area contributed by atoms with Crippen LogP contribution in [0.15, 0.2) is 18.2 Å². The number of phenols is 2. The van der Waals surface area contributed by atoms with Crippen LogP contribution in [0, 0.1) is 0 Å². The minimum atomic E-state index is -1.23. The SMILES string of the molecule is CCCCCCCCCCCCCCCC(=O)N(O)CCCC[C@H](NC(=O)CNC(=O)c1cccc(O)c1O)C(=O)O[C@H](C)CC(=O)N[C@H]1CCCCN(O)C1=O. The molecule has 1 aliphatic rings. The summed E-state index contributed by atoms with van der Waals surface area (Å²) in [6, 6.07) is 1.64. The number of hydrogen-bond donors (Lipinski definition) is 7. The van der Waals surface area contributed by atoms with Gasteiger partial charge in [0.05, 0.1) is 18.5 Å². The van der Waals surface area contributed by atoms with E-state index in [1.165, 1.54) is 82.9 Å². The van der Waals surface area contributed by atoms with E-state index in [9.17, 15) is 49.4 Å². The molecule has 1 heterocycles. The molecule has 16 heteroatoms. The number of aromatic hydroxyl groups is 2. The summed E-state index contributed by atoms with van der Waals surface area (Å²) in [5.41, 5.74) is -0.264. The molecule has 0 radical (unpaired) electrons. The van der Waals surface area contributed by atoms with Gasteiger partial charge in [0.25, 0.3) is 11.8 Å². The normalized spacial score (nSPS) is 15.3.